The molecule has 4 rings (SSSR count). The van der Waals surface area contributed by atoms with Crippen molar-refractivity contribution in [2.45, 2.75) is 19.6 Å². The molecule has 0 atom stereocenters. The number of carbonyl (C=O) groups is 1. The highest BCUT2D eigenvalue weighted by molar-refractivity contribution is 6.07. The molecule has 6 nitrogen and oxygen atoms in total. The molecule has 1 amide bonds. The molecule has 0 aliphatic rings. The van der Waals surface area contributed by atoms with Crippen LogP contribution in [0.15, 0.2) is 59.1 Å². The van der Waals surface area contributed by atoms with Crippen LogP contribution in [0.4, 0.5) is 13.2 Å². The number of aryl methyl sites for hydroxylation is 1. The second-order valence-corrected chi connectivity index (χ2v) is 7.52. The largest absolute Gasteiger partial charge is 0.417 e. The van der Waals surface area contributed by atoms with Crippen LogP contribution in [0.3, 0.4) is 0 Å². The third kappa shape index (κ3) is 4.28. The molecular formula is C24H17F3N4O2. The molecule has 2 heterocycles. The molecule has 0 radical (unpaired) electrons. The number of halogens is 3. The number of fused-ring (bicyclic) bond motifs is 1. The summed E-state index contributed by atoms with van der Waals surface area (Å²) >= 11 is 0. The molecule has 4 aromatic rings. The van der Waals surface area contributed by atoms with Gasteiger partial charge >= 0.3 is 6.18 Å². The van der Waals surface area contributed by atoms with Crippen molar-refractivity contribution in [3.8, 4) is 17.3 Å². The lowest BCUT2D eigenvalue weighted by Gasteiger charge is -2.19. The van der Waals surface area contributed by atoms with Gasteiger partial charge in [-0.2, -0.15) is 18.4 Å². The highest BCUT2D eigenvalue weighted by Crippen LogP contribution is 2.37. The van der Waals surface area contributed by atoms with E-state index in [4.69, 9.17) is 9.78 Å². The minimum absolute atomic E-state index is 0.0230. The van der Waals surface area contributed by atoms with E-state index in [1.54, 1.807) is 38.2 Å². The standard InChI is InChI=1S/C24H17F3N4O2/c1-14-21-18(23(32)31(2)13-16-7-5-6-15(10-16)12-28)11-20(29-22(21)33-30-14)17-8-3-4-9-19(17)24(25,26)27/h3-11H,13H2,1-2H3. The molecule has 166 valence electrons. The van der Waals surface area contributed by atoms with E-state index in [0.29, 0.717) is 16.6 Å². The molecule has 0 spiro atoms. The second kappa shape index (κ2) is 8.39. The van der Waals surface area contributed by atoms with Crippen LogP contribution >= 0.6 is 0 Å². The first-order valence-electron chi connectivity index (χ1n) is 9.87. The van der Waals surface area contributed by atoms with Gasteiger partial charge in [-0.05, 0) is 36.8 Å². The van der Waals surface area contributed by atoms with Crippen molar-refractivity contribution in [3.63, 3.8) is 0 Å². The molecule has 0 saturated heterocycles. The smallest absolute Gasteiger partial charge is 0.337 e. The van der Waals surface area contributed by atoms with Crippen LogP contribution in [0.1, 0.15) is 32.7 Å². The Kier molecular flexibility index (Phi) is 5.60. The number of rotatable bonds is 4. The maximum atomic E-state index is 13.6. The van der Waals surface area contributed by atoms with Gasteiger partial charge in [0, 0.05) is 19.2 Å². The zero-order chi connectivity index (χ0) is 23.8. The Morgan fingerprint density at radius 1 is 1.15 bits per heavy atom. The van der Waals surface area contributed by atoms with Gasteiger partial charge in [0.15, 0.2) is 0 Å². The Morgan fingerprint density at radius 3 is 2.64 bits per heavy atom. The summed E-state index contributed by atoms with van der Waals surface area (Å²) < 4.78 is 46.0. The number of benzene rings is 2. The molecule has 9 heteroatoms. The van der Waals surface area contributed by atoms with Crippen molar-refractivity contribution in [2.24, 2.45) is 0 Å². The van der Waals surface area contributed by atoms with Crippen molar-refractivity contribution < 1.29 is 22.5 Å². The zero-order valence-electron chi connectivity index (χ0n) is 17.6. The van der Waals surface area contributed by atoms with Gasteiger partial charge in [-0.25, -0.2) is 4.98 Å². The highest BCUT2D eigenvalue weighted by atomic mass is 19.4. The van der Waals surface area contributed by atoms with Crippen LogP contribution < -0.4 is 0 Å². The fourth-order valence-corrected chi connectivity index (χ4v) is 3.65. The van der Waals surface area contributed by atoms with Crippen LogP contribution in [0, 0.1) is 18.3 Å². The predicted molar refractivity (Wildman–Crippen MR) is 114 cm³/mol. The summed E-state index contributed by atoms with van der Waals surface area (Å²) in [5.74, 6) is -0.443. The SMILES string of the molecule is Cc1noc2nc(-c3ccccc3C(F)(F)F)cc(C(=O)N(C)Cc3cccc(C#N)c3)c12. The maximum absolute atomic E-state index is 13.6. The van der Waals surface area contributed by atoms with E-state index in [0.717, 1.165) is 11.6 Å². The van der Waals surface area contributed by atoms with E-state index in [-0.39, 0.29) is 29.1 Å². The molecule has 33 heavy (non-hydrogen) atoms. The van der Waals surface area contributed by atoms with E-state index in [1.807, 2.05) is 6.07 Å². The lowest BCUT2D eigenvalue weighted by Crippen LogP contribution is -2.26. The summed E-state index contributed by atoms with van der Waals surface area (Å²) in [6, 6.07) is 15.2. The van der Waals surface area contributed by atoms with Gasteiger partial charge in [0.1, 0.15) is 0 Å². The quantitative estimate of drug-likeness (QED) is 0.418. The van der Waals surface area contributed by atoms with E-state index in [9.17, 15) is 18.0 Å². The number of amides is 1. The molecule has 0 aliphatic heterocycles. The van der Waals surface area contributed by atoms with E-state index in [1.165, 1.54) is 29.2 Å². The van der Waals surface area contributed by atoms with Gasteiger partial charge in [-0.1, -0.05) is 35.5 Å². The minimum atomic E-state index is -4.60. The molecule has 0 unspecified atom stereocenters. The fraction of sp³-hybridized carbons (Fsp3) is 0.167. The molecular weight excluding hydrogens is 433 g/mol. The van der Waals surface area contributed by atoms with Crippen LogP contribution in [0.2, 0.25) is 0 Å². The summed E-state index contributed by atoms with van der Waals surface area (Å²) in [5, 5.41) is 13.3. The van der Waals surface area contributed by atoms with E-state index in [2.05, 4.69) is 10.1 Å². The van der Waals surface area contributed by atoms with E-state index >= 15 is 0 Å². The molecule has 2 aromatic carbocycles. The lowest BCUT2D eigenvalue weighted by atomic mass is 10.00. The van der Waals surface area contributed by atoms with Crippen molar-refractivity contribution in [3.05, 3.63) is 82.5 Å². The number of carbonyl (C=O) groups excluding carboxylic acids is 1. The third-order valence-corrected chi connectivity index (χ3v) is 5.18. The molecule has 0 aliphatic carbocycles. The number of aromatic nitrogens is 2. The third-order valence-electron chi connectivity index (χ3n) is 5.18. The topological polar surface area (TPSA) is 83.0 Å². The first-order chi connectivity index (χ1) is 15.7. The predicted octanol–water partition coefficient (Wildman–Crippen LogP) is 5.36. The fourth-order valence-electron chi connectivity index (χ4n) is 3.65. The molecule has 0 fully saturated rings. The summed E-state index contributed by atoms with van der Waals surface area (Å²) in [5.41, 5.74) is 0.619. The van der Waals surface area contributed by atoms with Crippen molar-refractivity contribution >= 4 is 17.0 Å². The number of alkyl halides is 3. The van der Waals surface area contributed by atoms with Gasteiger partial charge < -0.3 is 9.42 Å². The monoisotopic (exact) mass is 450 g/mol. The number of hydrogen-bond acceptors (Lipinski definition) is 5. The van der Waals surface area contributed by atoms with Crippen LogP contribution in [-0.4, -0.2) is 28.0 Å². The normalized spacial score (nSPS) is 11.4. The van der Waals surface area contributed by atoms with Gasteiger partial charge in [-0.3, -0.25) is 4.79 Å². The zero-order valence-corrected chi connectivity index (χ0v) is 17.6. The number of nitriles is 1. The van der Waals surface area contributed by atoms with Gasteiger partial charge in [-0.15, -0.1) is 0 Å². The van der Waals surface area contributed by atoms with Gasteiger partial charge in [0.2, 0.25) is 0 Å². The Balaban J connectivity index is 1.80. The molecule has 0 saturated carbocycles. The average Bonchev–Trinajstić information content (AvgIpc) is 3.18. The Bertz CT molecular complexity index is 1400. The number of pyridine rings is 1. The maximum Gasteiger partial charge on any atom is 0.417 e. The van der Waals surface area contributed by atoms with Crippen LogP contribution in [0.25, 0.3) is 22.4 Å². The number of nitrogens with zero attached hydrogens (tertiary/aromatic N) is 4. The Labute approximate surface area is 186 Å². The van der Waals surface area contributed by atoms with Crippen molar-refractivity contribution in [1.82, 2.24) is 15.0 Å². The summed E-state index contributed by atoms with van der Waals surface area (Å²) in [6.07, 6.45) is -4.60. The second-order valence-electron chi connectivity index (χ2n) is 7.52. The average molecular weight is 450 g/mol. The van der Waals surface area contributed by atoms with Crippen molar-refractivity contribution in [2.75, 3.05) is 7.05 Å². The highest BCUT2D eigenvalue weighted by Gasteiger charge is 2.34. The Morgan fingerprint density at radius 2 is 1.91 bits per heavy atom. The summed E-state index contributed by atoms with van der Waals surface area (Å²) in [4.78, 5) is 19.0. The van der Waals surface area contributed by atoms with Gasteiger partial charge in [0.25, 0.3) is 11.6 Å². The van der Waals surface area contributed by atoms with Gasteiger partial charge in [0.05, 0.1) is 39.5 Å². The lowest BCUT2D eigenvalue weighted by molar-refractivity contribution is -0.137. The van der Waals surface area contributed by atoms with Crippen molar-refractivity contribution in [1.29, 1.82) is 5.26 Å². The first-order valence-corrected chi connectivity index (χ1v) is 9.87. The number of hydrogen-bond donors (Lipinski definition) is 0. The van der Waals surface area contributed by atoms with Crippen LogP contribution in [0.5, 0.6) is 0 Å². The Hall–Kier alpha value is -4.19. The van der Waals surface area contributed by atoms with E-state index < -0.39 is 17.6 Å². The molecule has 0 bridgehead atoms. The minimum Gasteiger partial charge on any atom is -0.337 e. The summed E-state index contributed by atoms with van der Waals surface area (Å²) in [6.45, 7) is 1.82. The molecule has 0 N–H and O–H groups in total. The first kappa shape index (κ1) is 22.0. The summed E-state index contributed by atoms with van der Waals surface area (Å²) in [7, 11) is 1.57. The molecule has 2 aromatic heterocycles. The van der Waals surface area contributed by atoms with Crippen LogP contribution in [-0.2, 0) is 12.7 Å².